The number of aliphatic hydroxyl groups excluding tert-OH is 2. The van der Waals surface area contributed by atoms with Gasteiger partial charge in [0.25, 0.3) is 0 Å². The van der Waals surface area contributed by atoms with Gasteiger partial charge in [-0.1, -0.05) is 0 Å². The topological polar surface area (TPSA) is 94.1 Å². The van der Waals surface area contributed by atoms with Crippen LogP contribution in [0.1, 0.15) is 0 Å². The van der Waals surface area contributed by atoms with Gasteiger partial charge >= 0.3 is 0 Å². The summed E-state index contributed by atoms with van der Waals surface area (Å²) >= 11 is 0. The Morgan fingerprint density at radius 3 is 3.12 bits per heavy atom. The SMILES string of the molecule is O=C1C=CN2C(N1)N[C@@H]1[C@H](O)[C@@H](CO)O[C@H]12. The molecule has 1 amide bonds. The molecule has 0 spiro atoms. The molecule has 0 bridgehead atoms. The number of hydrogen-bond donors (Lipinski definition) is 4. The van der Waals surface area contributed by atoms with Crippen molar-refractivity contribution in [1.29, 1.82) is 0 Å². The summed E-state index contributed by atoms with van der Waals surface area (Å²) in [7, 11) is 0. The van der Waals surface area contributed by atoms with Crippen molar-refractivity contribution in [2.45, 2.75) is 30.8 Å². The highest BCUT2D eigenvalue weighted by atomic mass is 16.6. The van der Waals surface area contributed by atoms with E-state index in [9.17, 15) is 9.90 Å². The third-order valence-electron chi connectivity index (χ3n) is 3.17. The van der Waals surface area contributed by atoms with E-state index in [4.69, 9.17) is 9.84 Å². The normalized spacial score (nSPS) is 45.5. The average molecular weight is 227 g/mol. The van der Waals surface area contributed by atoms with Crippen molar-refractivity contribution in [3.8, 4) is 0 Å². The molecule has 0 aromatic rings. The number of aliphatic hydroxyl groups is 2. The Labute approximate surface area is 91.7 Å². The Bertz CT molecular complexity index is 348. The highest BCUT2D eigenvalue weighted by Crippen LogP contribution is 2.30. The summed E-state index contributed by atoms with van der Waals surface area (Å²) in [6.07, 6.45) is 0.993. The molecule has 7 heteroatoms. The van der Waals surface area contributed by atoms with Crippen LogP contribution in [0.3, 0.4) is 0 Å². The third kappa shape index (κ3) is 1.26. The van der Waals surface area contributed by atoms with E-state index in [2.05, 4.69) is 10.6 Å². The fourth-order valence-corrected chi connectivity index (χ4v) is 2.37. The van der Waals surface area contributed by atoms with Gasteiger partial charge in [0.1, 0.15) is 12.2 Å². The lowest BCUT2D eigenvalue weighted by atomic mass is 10.1. The quantitative estimate of drug-likeness (QED) is 0.388. The fourth-order valence-electron chi connectivity index (χ4n) is 2.37. The van der Waals surface area contributed by atoms with Crippen molar-refractivity contribution in [2.75, 3.05) is 6.61 Å². The van der Waals surface area contributed by atoms with Gasteiger partial charge in [-0.3, -0.25) is 10.1 Å². The molecule has 1 unspecified atom stereocenters. The zero-order valence-corrected chi connectivity index (χ0v) is 8.41. The van der Waals surface area contributed by atoms with E-state index in [-0.39, 0.29) is 31.1 Å². The van der Waals surface area contributed by atoms with Crippen LogP contribution in [0.5, 0.6) is 0 Å². The van der Waals surface area contributed by atoms with Crippen LogP contribution in [-0.4, -0.2) is 58.4 Å². The molecule has 3 heterocycles. The van der Waals surface area contributed by atoms with Crippen molar-refractivity contribution in [1.82, 2.24) is 15.5 Å². The Morgan fingerprint density at radius 2 is 2.38 bits per heavy atom. The molecule has 0 aliphatic carbocycles. The average Bonchev–Trinajstić information content (AvgIpc) is 2.75. The van der Waals surface area contributed by atoms with Gasteiger partial charge in [0.15, 0.2) is 12.5 Å². The standard InChI is InChI=1S/C9H13N3O4/c13-3-4-7(15)6-8(16-4)12-2-1-5(14)10-9(12)11-6/h1-2,4,6-9,11,13,15H,3H2,(H,10,14)/t4-,6-,7-,8-,9?/m1/s1. The van der Waals surface area contributed by atoms with Gasteiger partial charge in [0.05, 0.1) is 12.6 Å². The predicted octanol–water partition coefficient (Wildman–Crippen LogP) is -2.73. The van der Waals surface area contributed by atoms with Crippen molar-refractivity contribution < 1.29 is 19.7 Å². The Hall–Kier alpha value is -1.15. The van der Waals surface area contributed by atoms with Crippen LogP contribution < -0.4 is 10.6 Å². The van der Waals surface area contributed by atoms with Crippen LogP contribution in [0.15, 0.2) is 12.3 Å². The molecule has 3 rings (SSSR count). The molecule has 3 aliphatic rings. The maximum absolute atomic E-state index is 11.1. The number of nitrogens with zero attached hydrogens (tertiary/aromatic N) is 1. The number of rotatable bonds is 1. The Morgan fingerprint density at radius 1 is 1.56 bits per heavy atom. The van der Waals surface area contributed by atoms with Crippen LogP contribution in [0.25, 0.3) is 0 Å². The summed E-state index contributed by atoms with van der Waals surface area (Å²) in [6.45, 7) is -0.218. The van der Waals surface area contributed by atoms with Gasteiger partial charge in [-0.15, -0.1) is 0 Å². The molecule has 0 aromatic carbocycles. The number of carbonyl (C=O) groups is 1. The van der Waals surface area contributed by atoms with E-state index in [0.717, 1.165) is 0 Å². The van der Waals surface area contributed by atoms with Crippen LogP contribution in [0.2, 0.25) is 0 Å². The first-order valence-electron chi connectivity index (χ1n) is 5.17. The van der Waals surface area contributed by atoms with Crippen molar-refractivity contribution in [3.63, 3.8) is 0 Å². The number of hydrogen-bond acceptors (Lipinski definition) is 6. The predicted molar refractivity (Wildman–Crippen MR) is 51.6 cm³/mol. The molecule has 0 radical (unpaired) electrons. The Kier molecular flexibility index (Phi) is 2.15. The van der Waals surface area contributed by atoms with E-state index < -0.39 is 12.2 Å². The van der Waals surface area contributed by atoms with Gasteiger partial charge in [-0.2, -0.15) is 0 Å². The van der Waals surface area contributed by atoms with E-state index in [0.29, 0.717) is 0 Å². The van der Waals surface area contributed by atoms with Crippen molar-refractivity contribution in [2.24, 2.45) is 0 Å². The van der Waals surface area contributed by atoms with Crippen LogP contribution in [0, 0.1) is 0 Å². The van der Waals surface area contributed by atoms with Crippen molar-refractivity contribution in [3.05, 3.63) is 12.3 Å². The molecule has 0 aromatic heterocycles. The second-order valence-electron chi connectivity index (χ2n) is 4.10. The molecule has 88 valence electrons. The minimum atomic E-state index is -0.772. The van der Waals surface area contributed by atoms with Gasteiger partial charge in [0, 0.05) is 12.3 Å². The minimum absolute atomic E-state index is 0.179. The monoisotopic (exact) mass is 227 g/mol. The molecular formula is C9H13N3O4. The summed E-state index contributed by atoms with van der Waals surface area (Å²) in [5.41, 5.74) is 0. The van der Waals surface area contributed by atoms with Gasteiger partial charge in [0.2, 0.25) is 5.91 Å². The zero-order valence-electron chi connectivity index (χ0n) is 8.41. The first-order valence-corrected chi connectivity index (χ1v) is 5.17. The van der Waals surface area contributed by atoms with Crippen LogP contribution in [-0.2, 0) is 9.53 Å². The van der Waals surface area contributed by atoms with Gasteiger partial charge in [-0.25, -0.2) is 0 Å². The molecular weight excluding hydrogens is 214 g/mol. The molecule has 3 aliphatic heterocycles. The molecule has 2 saturated heterocycles. The van der Waals surface area contributed by atoms with Gasteiger partial charge in [-0.05, 0) is 0 Å². The van der Waals surface area contributed by atoms with E-state index in [1.54, 1.807) is 11.1 Å². The number of fused-ring (bicyclic) bond motifs is 3. The number of carbonyl (C=O) groups excluding carboxylic acids is 1. The van der Waals surface area contributed by atoms with E-state index in [1.165, 1.54) is 6.08 Å². The molecule has 4 N–H and O–H groups in total. The van der Waals surface area contributed by atoms with Crippen molar-refractivity contribution >= 4 is 5.91 Å². The van der Waals surface area contributed by atoms with E-state index in [1.807, 2.05) is 0 Å². The highest BCUT2D eigenvalue weighted by Gasteiger charge is 2.53. The van der Waals surface area contributed by atoms with E-state index >= 15 is 0 Å². The van der Waals surface area contributed by atoms with Crippen LogP contribution in [0.4, 0.5) is 0 Å². The summed E-state index contributed by atoms with van der Waals surface area (Å²) in [6, 6.07) is -0.301. The first-order chi connectivity index (χ1) is 7.70. The number of nitrogens with one attached hydrogen (secondary N) is 2. The van der Waals surface area contributed by atoms with Gasteiger partial charge < -0.3 is 25.2 Å². The maximum Gasteiger partial charge on any atom is 0.248 e. The lowest BCUT2D eigenvalue weighted by Gasteiger charge is -2.30. The molecule has 16 heavy (non-hydrogen) atoms. The molecule has 2 fully saturated rings. The second kappa shape index (κ2) is 3.42. The maximum atomic E-state index is 11.1. The smallest absolute Gasteiger partial charge is 0.248 e. The summed E-state index contributed by atoms with van der Waals surface area (Å²) in [5.74, 6) is -0.179. The third-order valence-corrected chi connectivity index (χ3v) is 3.17. The summed E-state index contributed by atoms with van der Waals surface area (Å²) in [5, 5.41) is 24.6. The van der Waals surface area contributed by atoms with Crippen LogP contribution >= 0.6 is 0 Å². The zero-order chi connectivity index (χ0) is 11.3. The largest absolute Gasteiger partial charge is 0.394 e. The number of amides is 1. The first kappa shape index (κ1) is 10.0. The molecule has 0 saturated carbocycles. The lowest BCUT2D eigenvalue weighted by Crippen LogP contribution is -2.54. The molecule has 7 nitrogen and oxygen atoms in total. The highest BCUT2D eigenvalue weighted by molar-refractivity contribution is 5.88. The second-order valence-corrected chi connectivity index (χ2v) is 4.10. The Balaban J connectivity index is 1.82. The lowest BCUT2D eigenvalue weighted by molar-refractivity contribution is -0.121. The molecule has 5 atom stereocenters. The number of ether oxygens (including phenoxy) is 1. The summed E-state index contributed by atoms with van der Waals surface area (Å²) in [4.78, 5) is 12.9. The minimum Gasteiger partial charge on any atom is -0.394 e. The fraction of sp³-hybridized carbons (Fsp3) is 0.667. The summed E-state index contributed by atoms with van der Waals surface area (Å²) < 4.78 is 5.51.